The summed E-state index contributed by atoms with van der Waals surface area (Å²) in [5.74, 6) is 3.91. The van der Waals surface area contributed by atoms with Gasteiger partial charge >= 0.3 is 11.9 Å². The molecule has 0 amide bonds. The second-order valence-corrected chi connectivity index (χ2v) is 19.7. The van der Waals surface area contributed by atoms with Gasteiger partial charge in [-0.25, -0.2) is 9.59 Å². The van der Waals surface area contributed by atoms with Gasteiger partial charge in [0.2, 0.25) is 0 Å². The second kappa shape index (κ2) is 17.5. The summed E-state index contributed by atoms with van der Waals surface area (Å²) in [5, 5.41) is 0. The van der Waals surface area contributed by atoms with Gasteiger partial charge in [-0.05, 0) is 148 Å². The SMILES string of the molecule is CC1=C(/C=C/C(C)=C/C=C/C(C)=C/C(=O)OCC(=O)OC2CC[C@@]3(C)C(=CCC4C3CC[C@@]3(C)C4CC[C@@H]3[C@H](C)CCCC(C)C)C2)C(C)(C)CCC1. The lowest BCUT2D eigenvalue weighted by atomic mass is 9.47. The Bertz CT molecular complexity index is 1510. The van der Waals surface area contributed by atoms with Crippen LogP contribution in [0.5, 0.6) is 0 Å². The lowest BCUT2D eigenvalue weighted by Crippen LogP contribution is -2.51. The number of rotatable bonds is 13. The molecule has 5 rings (SSSR count). The minimum atomic E-state index is -0.521. The van der Waals surface area contributed by atoms with Crippen LogP contribution in [0.15, 0.2) is 70.4 Å². The Morgan fingerprint density at radius 1 is 0.925 bits per heavy atom. The molecule has 0 aromatic heterocycles. The number of carbonyl (C=O) groups is 2. The fourth-order valence-electron chi connectivity index (χ4n) is 12.0. The van der Waals surface area contributed by atoms with Gasteiger partial charge in [-0.3, -0.25) is 0 Å². The van der Waals surface area contributed by atoms with Crippen molar-refractivity contribution in [3.05, 3.63) is 70.4 Å². The molecule has 0 saturated heterocycles. The van der Waals surface area contributed by atoms with E-state index in [0.29, 0.717) is 5.41 Å². The zero-order valence-electron chi connectivity index (χ0n) is 35.3. The highest BCUT2D eigenvalue weighted by Gasteiger charge is 2.59. The van der Waals surface area contributed by atoms with Gasteiger partial charge in [0.15, 0.2) is 6.61 Å². The summed E-state index contributed by atoms with van der Waals surface area (Å²) in [6.07, 6.45) is 31.5. The highest BCUT2D eigenvalue weighted by molar-refractivity contribution is 5.85. The van der Waals surface area contributed by atoms with Crippen LogP contribution in [0.1, 0.15) is 159 Å². The van der Waals surface area contributed by atoms with Crippen molar-refractivity contribution in [1.82, 2.24) is 0 Å². The lowest BCUT2D eigenvalue weighted by Gasteiger charge is -2.58. The summed E-state index contributed by atoms with van der Waals surface area (Å²) in [5.41, 5.74) is 7.29. The molecule has 0 heterocycles. The quantitative estimate of drug-likeness (QED) is 0.0821. The lowest BCUT2D eigenvalue weighted by molar-refractivity contribution is -0.161. The molecule has 0 N–H and O–H groups in total. The van der Waals surface area contributed by atoms with E-state index in [9.17, 15) is 9.59 Å². The maximum atomic E-state index is 12.8. The molecule has 0 aromatic rings. The molecule has 0 radical (unpaired) electrons. The van der Waals surface area contributed by atoms with E-state index < -0.39 is 11.9 Å². The molecule has 4 unspecified atom stereocenters. The van der Waals surface area contributed by atoms with Crippen LogP contribution < -0.4 is 0 Å². The number of hydrogen-bond acceptors (Lipinski definition) is 4. The Kier molecular flexibility index (Phi) is 13.7. The standard InChI is InChI=1S/C49H74O4/c1-33(2)14-11-17-37(6)42-23-24-43-40-21-20-38-31-39(25-28-48(38,9)44(40)26-29-49(42,43)10)53-46(51)32-52-45(50)30-35(4)16-12-15-34(3)19-22-41-36(5)18-13-27-47(41,7)8/h12,15-16,19-20,22,30,33,37,39-40,42-44H,11,13-14,17-18,21,23-29,31-32H2,1-10H3/b16-12+,22-19+,34-15+,35-30+/t37-,39?,40?,42-,43?,44?,48+,49-/m1/s1. The third kappa shape index (κ3) is 9.80. The highest BCUT2D eigenvalue weighted by atomic mass is 16.6. The van der Waals surface area contributed by atoms with E-state index in [-0.39, 0.29) is 23.5 Å². The van der Waals surface area contributed by atoms with Crippen molar-refractivity contribution in [3.8, 4) is 0 Å². The molecular weight excluding hydrogens is 653 g/mol. The molecule has 3 saturated carbocycles. The molecule has 5 aliphatic rings. The fourth-order valence-corrected chi connectivity index (χ4v) is 12.0. The topological polar surface area (TPSA) is 52.6 Å². The molecular formula is C49H74O4. The van der Waals surface area contributed by atoms with Gasteiger partial charge in [0.25, 0.3) is 0 Å². The van der Waals surface area contributed by atoms with Crippen molar-refractivity contribution in [2.75, 3.05) is 6.61 Å². The van der Waals surface area contributed by atoms with Crippen molar-refractivity contribution in [2.45, 2.75) is 165 Å². The molecule has 294 valence electrons. The van der Waals surface area contributed by atoms with Crippen LogP contribution in [-0.2, 0) is 19.1 Å². The predicted octanol–water partition coefficient (Wildman–Crippen LogP) is 13.0. The number of fused-ring (bicyclic) bond motifs is 5. The van der Waals surface area contributed by atoms with Crippen LogP contribution in [-0.4, -0.2) is 24.6 Å². The van der Waals surface area contributed by atoms with Crippen molar-refractivity contribution in [3.63, 3.8) is 0 Å². The van der Waals surface area contributed by atoms with E-state index in [1.165, 1.54) is 93.4 Å². The zero-order chi connectivity index (χ0) is 38.6. The Morgan fingerprint density at radius 2 is 1.70 bits per heavy atom. The summed E-state index contributed by atoms with van der Waals surface area (Å²) >= 11 is 0. The van der Waals surface area contributed by atoms with Crippen molar-refractivity contribution < 1.29 is 19.1 Å². The number of allylic oxidation sites excluding steroid dienone is 10. The molecule has 0 aliphatic heterocycles. The minimum Gasteiger partial charge on any atom is -0.460 e. The van der Waals surface area contributed by atoms with Crippen LogP contribution in [0.25, 0.3) is 0 Å². The van der Waals surface area contributed by atoms with Crippen molar-refractivity contribution in [2.24, 2.45) is 51.8 Å². The number of carbonyl (C=O) groups excluding carboxylic acids is 2. The zero-order valence-corrected chi connectivity index (χ0v) is 35.3. The van der Waals surface area contributed by atoms with Gasteiger partial charge in [-0.15, -0.1) is 0 Å². The minimum absolute atomic E-state index is 0.137. The van der Waals surface area contributed by atoms with Gasteiger partial charge in [-0.2, -0.15) is 0 Å². The van der Waals surface area contributed by atoms with Crippen molar-refractivity contribution in [1.29, 1.82) is 0 Å². The van der Waals surface area contributed by atoms with E-state index in [1.807, 2.05) is 25.2 Å². The third-order valence-electron chi connectivity index (χ3n) is 15.0. The van der Waals surface area contributed by atoms with Gasteiger partial charge in [0.05, 0.1) is 0 Å². The van der Waals surface area contributed by atoms with E-state index >= 15 is 0 Å². The maximum Gasteiger partial charge on any atom is 0.344 e. The summed E-state index contributed by atoms with van der Waals surface area (Å²) in [7, 11) is 0. The largest absolute Gasteiger partial charge is 0.460 e. The second-order valence-electron chi connectivity index (χ2n) is 19.7. The van der Waals surface area contributed by atoms with Crippen LogP contribution in [0, 0.1) is 51.8 Å². The first-order valence-electron chi connectivity index (χ1n) is 21.5. The van der Waals surface area contributed by atoms with Crippen LogP contribution in [0.3, 0.4) is 0 Å². The smallest absolute Gasteiger partial charge is 0.344 e. The summed E-state index contributed by atoms with van der Waals surface area (Å²) in [6, 6.07) is 0. The molecule has 0 spiro atoms. The highest BCUT2D eigenvalue weighted by Crippen LogP contribution is 2.67. The van der Waals surface area contributed by atoms with Gasteiger partial charge in [0.1, 0.15) is 6.10 Å². The molecule has 4 nitrogen and oxygen atoms in total. The van der Waals surface area contributed by atoms with Crippen molar-refractivity contribution >= 4 is 11.9 Å². The summed E-state index contributed by atoms with van der Waals surface area (Å²) < 4.78 is 11.2. The van der Waals surface area contributed by atoms with E-state index in [1.54, 1.807) is 0 Å². The fraction of sp³-hybridized carbons (Fsp3) is 0.714. The summed E-state index contributed by atoms with van der Waals surface area (Å²) in [4.78, 5) is 25.4. The Labute approximate surface area is 324 Å². The molecule has 0 aromatic carbocycles. The van der Waals surface area contributed by atoms with Gasteiger partial charge < -0.3 is 9.47 Å². The molecule has 53 heavy (non-hydrogen) atoms. The van der Waals surface area contributed by atoms with Crippen LogP contribution >= 0.6 is 0 Å². The van der Waals surface area contributed by atoms with Crippen LogP contribution in [0.2, 0.25) is 0 Å². The molecule has 3 fully saturated rings. The monoisotopic (exact) mass is 727 g/mol. The van der Waals surface area contributed by atoms with E-state index in [4.69, 9.17) is 9.47 Å². The first kappa shape index (κ1) is 41.5. The van der Waals surface area contributed by atoms with Crippen LogP contribution in [0.4, 0.5) is 0 Å². The molecule has 0 bridgehead atoms. The molecule has 8 atom stereocenters. The number of hydrogen-bond donors (Lipinski definition) is 0. The van der Waals surface area contributed by atoms with Gasteiger partial charge in [-0.1, -0.05) is 121 Å². The molecule has 5 aliphatic carbocycles. The molecule has 4 heteroatoms. The maximum absolute atomic E-state index is 12.8. The average molecular weight is 727 g/mol. The first-order valence-corrected chi connectivity index (χ1v) is 21.5. The summed E-state index contributed by atoms with van der Waals surface area (Å²) in [6.45, 7) is 23.0. The number of esters is 2. The number of ether oxygens (including phenoxy) is 2. The Morgan fingerprint density at radius 3 is 2.43 bits per heavy atom. The van der Waals surface area contributed by atoms with E-state index in [2.05, 4.69) is 80.5 Å². The Hall–Kier alpha value is -2.62. The predicted molar refractivity (Wildman–Crippen MR) is 220 cm³/mol. The van der Waals surface area contributed by atoms with Gasteiger partial charge in [0, 0.05) is 12.5 Å². The first-order chi connectivity index (χ1) is 25.0. The Balaban J connectivity index is 1.08. The third-order valence-corrected chi connectivity index (χ3v) is 15.0. The van der Waals surface area contributed by atoms with E-state index in [0.717, 1.165) is 65.9 Å². The normalized spacial score (nSPS) is 33.8. The average Bonchev–Trinajstić information content (AvgIpc) is 3.44.